The maximum absolute atomic E-state index is 11.5. The molecule has 0 spiro atoms. The third-order valence-electron chi connectivity index (χ3n) is 2.42. The van der Waals surface area contributed by atoms with Gasteiger partial charge < -0.3 is 15.2 Å². The van der Waals surface area contributed by atoms with Crippen molar-refractivity contribution in [3.05, 3.63) is 35.9 Å². The summed E-state index contributed by atoms with van der Waals surface area (Å²) in [5.74, 6) is -0.867. The van der Waals surface area contributed by atoms with E-state index in [0.717, 1.165) is 5.56 Å². The number of aliphatic carboxylic acids is 1. The molecule has 1 aromatic rings. The second-order valence-electron chi connectivity index (χ2n) is 4.72. The molecule has 19 heavy (non-hydrogen) atoms. The Hall–Kier alpha value is -2.04. The Bertz CT molecular complexity index is 417. The number of benzene rings is 1. The zero-order valence-electron chi connectivity index (χ0n) is 11.1. The Morgan fingerprint density at radius 2 is 1.89 bits per heavy atom. The topological polar surface area (TPSA) is 75.6 Å². The average molecular weight is 265 g/mol. The van der Waals surface area contributed by atoms with Crippen LogP contribution in [0.4, 0.5) is 4.79 Å². The summed E-state index contributed by atoms with van der Waals surface area (Å²) in [7, 11) is 0. The minimum Gasteiger partial charge on any atom is -0.480 e. The first kappa shape index (κ1) is 15.0. The molecule has 5 nitrogen and oxygen atoms in total. The molecule has 0 heterocycles. The minimum atomic E-state index is -1.08. The fourth-order valence-electron chi connectivity index (χ4n) is 1.48. The van der Waals surface area contributed by atoms with Gasteiger partial charge in [-0.25, -0.2) is 9.59 Å². The predicted molar refractivity (Wildman–Crippen MR) is 70.9 cm³/mol. The van der Waals surface area contributed by atoms with E-state index in [1.165, 1.54) is 0 Å². The molecule has 104 valence electrons. The molecule has 5 heteroatoms. The number of carbonyl (C=O) groups is 2. The van der Waals surface area contributed by atoms with Gasteiger partial charge in [-0.15, -0.1) is 0 Å². The Morgan fingerprint density at radius 1 is 1.26 bits per heavy atom. The predicted octanol–water partition coefficient (Wildman–Crippen LogP) is 2.06. The van der Waals surface area contributed by atoms with Gasteiger partial charge in [-0.1, -0.05) is 44.2 Å². The molecule has 0 saturated carbocycles. The van der Waals surface area contributed by atoms with Gasteiger partial charge in [0.25, 0.3) is 0 Å². The first-order valence-electron chi connectivity index (χ1n) is 6.19. The van der Waals surface area contributed by atoms with Crippen LogP contribution in [0.5, 0.6) is 0 Å². The van der Waals surface area contributed by atoms with Crippen molar-refractivity contribution < 1.29 is 19.4 Å². The maximum Gasteiger partial charge on any atom is 0.407 e. The Balaban J connectivity index is 2.54. The molecule has 1 amide bonds. The number of rotatable bonds is 6. The fraction of sp³-hybridized carbons (Fsp3) is 0.429. The van der Waals surface area contributed by atoms with Crippen LogP contribution in [-0.4, -0.2) is 29.8 Å². The van der Waals surface area contributed by atoms with Crippen LogP contribution in [0.2, 0.25) is 0 Å². The summed E-state index contributed by atoms with van der Waals surface area (Å²) in [6.45, 7) is 4.08. The second-order valence-corrected chi connectivity index (χ2v) is 4.72. The van der Waals surface area contributed by atoms with Crippen LogP contribution in [0, 0.1) is 5.92 Å². The lowest BCUT2D eigenvalue weighted by Gasteiger charge is -2.15. The van der Waals surface area contributed by atoms with E-state index in [-0.39, 0.29) is 18.9 Å². The zero-order valence-corrected chi connectivity index (χ0v) is 11.1. The summed E-state index contributed by atoms with van der Waals surface area (Å²) in [6.07, 6.45) is -0.468. The van der Waals surface area contributed by atoms with Gasteiger partial charge in [0.1, 0.15) is 6.04 Å². The Kier molecular flexibility index (Phi) is 5.85. The maximum atomic E-state index is 11.5. The van der Waals surface area contributed by atoms with Crippen molar-refractivity contribution in [2.75, 3.05) is 6.61 Å². The summed E-state index contributed by atoms with van der Waals surface area (Å²) < 4.78 is 4.91. The van der Waals surface area contributed by atoms with Gasteiger partial charge in [0.15, 0.2) is 0 Å². The van der Waals surface area contributed by atoms with Gasteiger partial charge in [0.2, 0.25) is 0 Å². The van der Waals surface area contributed by atoms with E-state index in [9.17, 15) is 9.59 Å². The van der Waals surface area contributed by atoms with Crippen molar-refractivity contribution in [2.45, 2.75) is 26.3 Å². The third kappa shape index (κ3) is 5.90. The van der Waals surface area contributed by atoms with Crippen LogP contribution < -0.4 is 5.32 Å². The molecule has 1 atom stereocenters. The SMILES string of the molecule is CC(C)COC(=O)N[C@H](Cc1ccccc1)C(=O)O. The van der Waals surface area contributed by atoms with Gasteiger partial charge in [0.05, 0.1) is 6.61 Å². The molecular weight excluding hydrogens is 246 g/mol. The van der Waals surface area contributed by atoms with Gasteiger partial charge >= 0.3 is 12.1 Å². The minimum absolute atomic E-state index is 0.211. The van der Waals surface area contributed by atoms with Crippen LogP contribution >= 0.6 is 0 Å². The number of nitrogens with one attached hydrogen (secondary N) is 1. The van der Waals surface area contributed by atoms with Crippen molar-refractivity contribution >= 4 is 12.1 Å². The summed E-state index contributed by atoms with van der Waals surface area (Å²) in [5, 5.41) is 11.5. The first-order chi connectivity index (χ1) is 8.99. The lowest BCUT2D eigenvalue weighted by molar-refractivity contribution is -0.139. The number of hydrogen-bond donors (Lipinski definition) is 2. The molecule has 2 N–H and O–H groups in total. The summed E-state index contributed by atoms with van der Waals surface area (Å²) in [4.78, 5) is 22.6. The quantitative estimate of drug-likeness (QED) is 0.825. The Morgan fingerprint density at radius 3 is 2.42 bits per heavy atom. The van der Waals surface area contributed by atoms with Crippen LogP contribution in [-0.2, 0) is 16.0 Å². The molecule has 0 aliphatic rings. The van der Waals surface area contributed by atoms with Crippen molar-refractivity contribution in [1.29, 1.82) is 0 Å². The molecule has 0 aliphatic carbocycles. The highest BCUT2D eigenvalue weighted by atomic mass is 16.5. The van der Waals surface area contributed by atoms with Crippen molar-refractivity contribution in [3.63, 3.8) is 0 Å². The number of ether oxygens (including phenoxy) is 1. The summed E-state index contributed by atoms with van der Waals surface area (Å²) >= 11 is 0. The van der Waals surface area contributed by atoms with Gasteiger partial charge in [-0.2, -0.15) is 0 Å². The summed E-state index contributed by atoms with van der Waals surface area (Å²) in [6, 6.07) is 8.15. The second kappa shape index (κ2) is 7.41. The van der Waals surface area contributed by atoms with Crippen LogP contribution in [0.3, 0.4) is 0 Å². The first-order valence-corrected chi connectivity index (χ1v) is 6.19. The number of amides is 1. The highest BCUT2D eigenvalue weighted by Gasteiger charge is 2.21. The molecule has 0 saturated heterocycles. The number of alkyl carbamates (subject to hydrolysis) is 1. The molecule has 0 bridgehead atoms. The van der Waals surface area contributed by atoms with Crippen LogP contribution in [0.25, 0.3) is 0 Å². The normalized spacial score (nSPS) is 11.9. The summed E-state index contributed by atoms with van der Waals surface area (Å²) in [5.41, 5.74) is 0.846. The van der Waals surface area contributed by atoms with Gasteiger partial charge in [-0.05, 0) is 11.5 Å². The number of carbonyl (C=O) groups excluding carboxylic acids is 1. The zero-order chi connectivity index (χ0) is 14.3. The third-order valence-corrected chi connectivity index (χ3v) is 2.42. The van der Waals surface area contributed by atoms with Crippen LogP contribution in [0.1, 0.15) is 19.4 Å². The lowest BCUT2D eigenvalue weighted by Crippen LogP contribution is -2.42. The highest BCUT2D eigenvalue weighted by molar-refractivity contribution is 5.80. The van der Waals surface area contributed by atoms with Crippen molar-refractivity contribution in [2.24, 2.45) is 5.92 Å². The van der Waals surface area contributed by atoms with E-state index in [2.05, 4.69) is 5.32 Å². The molecule has 1 rings (SSSR count). The van der Waals surface area contributed by atoms with E-state index in [0.29, 0.717) is 0 Å². The number of hydrogen-bond acceptors (Lipinski definition) is 3. The fourth-order valence-corrected chi connectivity index (χ4v) is 1.48. The van der Waals surface area contributed by atoms with E-state index in [4.69, 9.17) is 9.84 Å². The Labute approximate surface area is 112 Å². The average Bonchev–Trinajstić information content (AvgIpc) is 2.36. The lowest BCUT2D eigenvalue weighted by atomic mass is 10.1. The van der Waals surface area contributed by atoms with Gasteiger partial charge in [0, 0.05) is 6.42 Å². The van der Waals surface area contributed by atoms with E-state index >= 15 is 0 Å². The standard InChI is InChI=1S/C14H19NO4/c1-10(2)9-19-14(18)15-12(13(16)17)8-11-6-4-3-5-7-11/h3-7,10,12H,8-9H2,1-2H3,(H,15,18)(H,16,17)/t12-/m1/s1. The molecule has 0 aromatic heterocycles. The molecule has 0 unspecified atom stereocenters. The molecule has 1 aromatic carbocycles. The largest absolute Gasteiger partial charge is 0.480 e. The van der Waals surface area contributed by atoms with E-state index in [1.54, 1.807) is 0 Å². The van der Waals surface area contributed by atoms with Crippen molar-refractivity contribution in [1.82, 2.24) is 5.32 Å². The van der Waals surface area contributed by atoms with E-state index in [1.807, 2.05) is 44.2 Å². The molecule has 0 fully saturated rings. The molecule has 0 aliphatic heterocycles. The van der Waals surface area contributed by atoms with Crippen molar-refractivity contribution in [3.8, 4) is 0 Å². The number of carboxylic acids is 1. The molecule has 0 radical (unpaired) electrons. The molecular formula is C14H19NO4. The van der Waals surface area contributed by atoms with Gasteiger partial charge in [-0.3, -0.25) is 0 Å². The number of carboxylic acid groups (broad SMARTS) is 1. The smallest absolute Gasteiger partial charge is 0.407 e. The highest BCUT2D eigenvalue weighted by Crippen LogP contribution is 2.04. The van der Waals surface area contributed by atoms with E-state index < -0.39 is 18.1 Å². The van der Waals surface area contributed by atoms with Crippen LogP contribution in [0.15, 0.2) is 30.3 Å². The monoisotopic (exact) mass is 265 g/mol.